The van der Waals surface area contributed by atoms with Gasteiger partial charge in [-0.05, 0) is 61.5 Å². The van der Waals surface area contributed by atoms with Gasteiger partial charge in [0.05, 0.1) is 13.2 Å². The van der Waals surface area contributed by atoms with E-state index in [0.717, 1.165) is 55.5 Å². The normalized spacial score (nSPS) is 11.1. The van der Waals surface area contributed by atoms with Crippen LogP contribution in [0.15, 0.2) is 116 Å². The van der Waals surface area contributed by atoms with E-state index >= 15 is 4.39 Å². The molecule has 0 unspecified atom stereocenters. The summed E-state index contributed by atoms with van der Waals surface area (Å²) in [6.45, 7) is 9.13. The Bertz CT molecular complexity index is 1630. The first-order chi connectivity index (χ1) is 19.0. The minimum Gasteiger partial charge on any atom is -0.380 e. The molecule has 5 aromatic carbocycles. The maximum absolute atomic E-state index is 15.7. The first-order valence-electron chi connectivity index (χ1n) is 12.9. The van der Waals surface area contributed by atoms with Gasteiger partial charge in [-0.3, -0.25) is 0 Å². The van der Waals surface area contributed by atoms with Crippen molar-refractivity contribution in [2.24, 2.45) is 0 Å². The van der Waals surface area contributed by atoms with Gasteiger partial charge < -0.3 is 9.47 Å². The molecule has 0 radical (unpaired) electrons. The van der Waals surface area contributed by atoms with E-state index in [1.54, 1.807) is 14.2 Å². The molecule has 0 aliphatic rings. The number of methoxy groups -OCH3 is 2. The summed E-state index contributed by atoms with van der Waals surface area (Å²) >= 11 is 0. The molecule has 0 saturated heterocycles. The molecule has 0 N–H and O–H groups in total. The minimum absolute atomic E-state index is 0.209. The van der Waals surface area contributed by atoms with E-state index in [4.69, 9.17) is 9.47 Å². The second-order valence-electron chi connectivity index (χ2n) is 9.67. The van der Waals surface area contributed by atoms with Crippen LogP contribution in [0.1, 0.15) is 11.1 Å². The van der Waals surface area contributed by atoms with Gasteiger partial charge in [0, 0.05) is 25.2 Å². The summed E-state index contributed by atoms with van der Waals surface area (Å²) in [5.74, 6) is -0.209. The number of hydrogen-bond donors (Lipinski definition) is 0. The highest BCUT2D eigenvalue weighted by Gasteiger charge is 2.11. The van der Waals surface area contributed by atoms with Crippen molar-refractivity contribution in [3.63, 3.8) is 0 Å². The Kier molecular flexibility index (Phi) is 7.83. The number of rotatable bonds is 9. The Labute approximate surface area is 229 Å². The van der Waals surface area contributed by atoms with Crippen LogP contribution in [0.2, 0.25) is 0 Å². The summed E-state index contributed by atoms with van der Waals surface area (Å²) in [6, 6.07) is 34.2. The quantitative estimate of drug-likeness (QED) is 0.195. The van der Waals surface area contributed by atoms with E-state index in [1.165, 1.54) is 0 Å². The Hall–Kier alpha value is -4.31. The average molecular weight is 515 g/mol. The van der Waals surface area contributed by atoms with Crippen molar-refractivity contribution in [1.82, 2.24) is 0 Å². The molecule has 3 heteroatoms. The van der Waals surface area contributed by atoms with Crippen molar-refractivity contribution in [2.75, 3.05) is 27.4 Å². The molecular weight excluding hydrogens is 483 g/mol. The zero-order valence-electron chi connectivity index (χ0n) is 22.3. The van der Waals surface area contributed by atoms with Crippen molar-refractivity contribution in [3.8, 4) is 33.4 Å². The van der Waals surface area contributed by atoms with Crippen molar-refractivity contribution in [2.45, 2.75) is 0 Å². The molecule has 0 fully saturated rings. The highest BCUT2D eigenvalue weighted by Crippen LogP contribution is 2.33. The van der Waals surface area contributed by atoms with Crippen molar-refractivity contribution in [1.29, 1.82) is 0 Å². The summed E-state index contributed by atoms with van der Waals surface area (Å²) < 4.78 is 26.0. The van der Waals surface area contributed by atoms with E-state index in [2.05, 4.69) is 37.4 Å². The molecule has 5 rings (SSSR count). The molecule has 0 heterocycles. The molecule has 2 nitrogen and oxygen atoms in total. The fourth-order valence-electron chi connectivity index (χ4n) is 4.85. The molecule has 0 spiro atoms. The molecule has 5 aromatic rings. The highest BCUT2D eigenvalue weighted by atomic mass is 19.1. The van der Waals surface area contributed by atoms with E-state index in [9.17, 15) is 0 Å². The van der Waals surface area contributed by atoms with Gasteiger partial charge in [-0.15, -0.1) is 0 Å². The topological polar surface area (TPSA) is 18.5 Å². The number of ether oxygens (including phenoxy) is 2. The van der Waals surface area contributed by atoms with E-state index in [1.807, 2.05) is 78.9 Å². The second-order valence-corrected chi connectivity index (χ2v) is 9.67. The van der Waals surface area contributed by atoms with Crippen molar-refractivity contribution >= 4 is 21.9 Å². The third kappa shape index (κ3) is 5.61. The van der Waals surface area contributed by atoms with Crippen LogP contribution in [0, 0.1) is 5.82 Å². The Morgan fingerprint density at radius 2 is 1.00 bits per heavy atom. The molecule has 0 saturated carbocycles. The smallest absolute Gasteiger partial charge is 0.138 e. The fourth-order valence-corrected chi connectivity index (χ4v) is 4.85. The average Bonchev–Trinajstić information content (AvgIpc) is 2.98. The standard InChI is InChI=1S/C36H31FO2/c1-24(22-38-3)26-5-9-28(10-6-26)29-13-15-31(16-14-29)34-20-18-33-21-32(17-19-35(33)36(34)37)30-11-7-27(8-12-30)25(2)23-39-4/h5-21H,1-2,22-23H2,3-4H3. The summed E-state index contributed by atoms with van der Waals surface area (Å²) in [6.07, 6.45) is 0. The lowest BCUT2D eigenvalue weighted by Gasteiger charge is -2.11. The van der Waals surface area contributed by atoms with Crippen LogP contribution in [-0.2, 0) is 9.47 Å². The van der Waals surface area contributed by atoms with Gasteiger partial charge in [0.25, 0.3) is 0 Å². The number of hydrogen-bond acceptors (Lipinski definition) is 2. The predicted molar refractivity (Wildman–Crippen MR) is 162 cm³/mol. The van der Waals surface area contributed by atoms with Crippen LogP contribution >= 0.6 is 0 Å². The molecule has 0 bridgehead atoms. The summed E-state index contributed by atoms with van der Waals surface area (Å²) in [5.41, 5.74) is 9.71. The molecule has 0 aromatic heterocycles. The van der Waals surface area contributed by atoms with Crippen LogP contribution in [0.3, 0.4) is 0 Å². The number of halogens is 1. The molecular formula is C36H31FO2. The monoisotopic (exact) mass is 514 g/mol. The maximum Gasteiger partial charge on any atom is 0.138 e. The Morgan fingerprint density at radius 3 is 1.51 bits per heavy atom. The fraction of sp³-hybridized carbons (Fsp3) is 0.111. The van der Waals surface area contributed by atoms with Gasteiger partial charge >= 0.3 is 0 Å². The van der Waals surface area contributed by atoms with Crippen molar-refractivity contribution < 1.29 is 13.9 Å². The van der Waals surface area contributed by atoms with E-state index < -0.39 is 0 Å². The zero-order valence-corrected chi connectivity index (χ0v) is 22.3. The van der Waals surface area contributed by atoms with Crippen LogP contribution in [0.4, 0.5) is 4.39 Å². The van der Waals surface area contributed by atoms with Gasteiger partial charge in [0.1, 0.15) is 5.82 Å². The largest absolute Gasteiger partial charge is 0.380 e. The van der Waals surface area contributed by atoms with Crippen LogP contribution in [-0.4, -0.2) is 27.4 Å². The third-order valence-corrected chi connectivity index (χ3v) is 7.04. The second kappa shape index (κ2) is 11.6. The van der Waals surface area contributed by atoms with E-state index in [-0.39, 0.29) is 5.82 Å². The Balaban J connectivity index is 1.38. The highest BCUT2D eigenvalue weighted by molar-refractivity contribution is 5.92. The number of fused-ring (bicyclic) bond motifs is 1. The van der Waals surface area contributed by atoms with Crippen LogP contribution < -0.4 is 0 Å². The van der Waals surface area contributed by atoms with Gasteiger partial charge in [0.15, 0.2) is 0 Å². The maximum atomic E-state index is 15.7. The van der Waals surface area contributed by atoms with Crippen LogP contribution in [0.25, 0.3) is 55.3 Å². The molecule has 39 heavy (non-hydrogen) atoms. The predicted octanol–water partition coefficient (Wildman–Crippen LogP) is 9.30. The van der Waals surface area contributed by atoms with Crippen molar-refractivity contribution in [3.05, 3.63) is 133 Å². The first kappa shape index (κ1) is 26.3. The molecule has 194 valence electrons. The number of benzene rings is 5. The minimum atomic E-state index is -0.209. The SMILES string of the molecule is C=C(COC)c1ccc(-c2ccc(-c3ccc4cc(-c5ccc(C(=C)COC)cc5)ccc4c3F)cc2)cc1. The summed E-state index contributed by atoms with van der Waals surface area (Å²) in [5, 5.41) is 1.48. The van der Waals surface area contributed by atoms with Gasteiger partial charge in [-0.2, -0.15) is 0 Å². The molecule has 0 atom stereocenters. The molecule has 0 aliphatic carbocycles. The van der Waals surface area contributed by atoms with Gasteiger partial charge in [-0.25, -0.2) is 4.39 Å². The van der Waals surface area contributed by atoms with Gasteiger partial charge in [0.2, 0.25) is 0 Å². The molecule has 0 amide bonds. The zero-order chi connectivity index (χ0) is 27.4. The molecule has 0 aliphatic heterocycles. The Morgan fingerprint density at radius 1 is 0.564 bits per heavy atom. The lowest BCUT2D eigenvalue weighted by molar-refractivity contribution is 0.240. The first-order valence-corrected chi connectivity index (χ1v) is 12.9. The van der Waals surface area contributed by atoms with Crippen LogP contribution in [0.5, 0.6) is 0 Å². The van der Waals surface area contributed by atoms with Gasteiger partial charge in [-0.1, -0.05) is 110 Å². The van der Waals surface area contributed by atoms with E-state index in [0.29, 0.717) is 24.2 Å². The lowest BCUT2D eigenvalue weighted by Crippen LogP contribution is -1.92. The summed E-state index contributed by atoms with van der Waals surface area (Å²) in [4.78, 5) is 0. The lowest BCUT2D eigenvalue weighted by atomic mass is 9.95. The summed E-state index contributed by atoms with van der Waals surface area (Å²) in [7, 11) is 3.33. The third-order valence-electron chi connectivity index (χ3n) is 7.04.